The van der Waals surface area contributed by atoms with Crippen molar-refractivity contribution >= 4 is 14.3 Å². The van der Waals surface area contributed by atoms with Gasteiger partial charge in [-0.2, -0.15) is 0 Å². The zero-order valence-electron chi connectivity index (χ0n) is 18.8. The molecule has 0 unspecified atom stereocenters. The van der Waals surface area contributed by atoms with Gasteiger partial charge in [-0.15, -0.1) is 0 Å². The first kappa shape index (κ1) is 25.6. The molecule has 4 atom stereocenters. The average molecular weight is 391 g/mol. The zero-order valence-corrected chi connectivity index (χ0v) is 19.8. The monoisotopic (exact) mass is 390 g/mol. The van der Waals surface area contributed by atoms with Crippen LogP contribution in [0.2, 0.25) is 18.1 Å². The maximum atomic E-state index is 11.9. The van der Waals surface area contributed by atoms with Gasteiger partial charge in [-0.25, -0.2) is 0 Å². The highest BCUT2D eigenvalue weighted by Crippen LogP contribution is 2.39. The maximum Gasteiger partial charge on any atom is 0.311 e. The molecular formula is C20H42O5Si. The molecule has 0 heterocycles. The molecule has 0 fully saturated rings. The van der Waals surface area contributed by atoms with Gasteiger partial charge >= 0.3 is 5.97 Å². The van der Waals surface area contributed by atoms with Crippen molar-refractivity contribution in [2.45, 2.75) is 105 Å². The predicted molar refractivity (Wildman–Crippen MR) is 109 cm³/mol. The second-order valence-electron chi connectivity index (χ2n) is 10.3. The van der Waals surface area contributed by atoms with Gasteiger partial charge in [0.15, 0.2) is 8.32 Å². The van der Waals surface area contributed by atoms with E-state index < -0.39 is 37.5 Å². The van der Waals surface area contributed by atoms with Crippen LogP contribution >= 0.6 is 0 Å². The van der Waals surface area contributed by atoms with E-state index in [0.717, 1.165) is 0 Å². The molecule has 0 saturated carbocycles. The van der Waals surface area contributed by atoms with E-state index in [1.165, 1.54) is 0 Å². The summed E-state index contributed by atoms with van der Waals surface area (Å²) >= 11 is 0. The number of aliphatic hydroxyl groups excluding tert-OH is 1. The number of hydrogen-bond donors (Lipinski definition) is 2. The second kappa shape index (κ2) is 8.72. The Kier molecular flexibility index (Phi) is 8.57. The van der Waals surface area contributed by atoms with Crippen molar-refractivity contribution in [2.24, 2.45) is 11.3 Å². The lowest BCUT2D eigenvalue weighted by atomic mass is 9.84. The molecule has 0 spiro atoms. The summed E-state index contributed by atoms with van der Waals surface area (Å²) in [4.78, 5) is 11.9. The summed E-state index contributed by atoms with van der Waals surface area (Å²) in [6, 6.07) is 0. The summed E-state index contributed by atoms with van der Waals surface area (Å²) in [5.41, 5.74) is -2.03. The molecule has 26 heavy (non-hydrogen) atoms. The van der Waals surface area contributed by atoms with E-state index in [4.69, 9.17) is 9.16 Å². The molecule has 2 N–H and O–H groups in total. The number of rotatable bonds is 8. The van der Waals surface area contributed by atoms with Gasteiger partial charge in [0.2, 0.25) is 0 Å². The Bertz CT molecular complexity index is 460. The molecule has 0 bridgehead atoms. The third kappa shape index (κ3) is 6.62. The van der Waals surface area contributed by atoms with Crippen molar-refractivity contribution in [1.82, 2.24) is 0 Å². The molecule has 0 amide bonds. The number of hydrogen-bond acceptors (Lipinski definition) is 5. The highest BCUT2D eigenvalue weighted by molar-refractivity contribution is 6.74. The minimum atomic E-state index is -2.10. The predicted octanol–water partition coefficient (Wildman–Crippen LogP) is 4.12. The third-order valence-electron chi connectivity index (χ3n) is 5.49. The van der Waals surface area contributed by atoms with Crippen molar-refractivity contribution in [3.63, 3.8) is 0 Å². The van der Waals surface area contributed by atoms with Gasteiger partial charge in [0.05, 0.1) is 24.2 Å². The van der Waals surface area contributed by atoms with Gasteiger partial charge in [0.1, 0.15) is 5.60 Å². The first-order chi connectivity index (χ1) is 11.4. The SMILES string of the molecule is CC[C@@H](O[Si](C)(C)C(C)(C)C)[C@@](C)(O)[C@H](O)[C@@H](C)COC(=O)C(C)(C)C. The number of carbonyl (C=O) groups is 1. The number of carbonyl (C=O) groups excluding carboxylic acids is 1. The van der Waals surface area contributed by atoms with Gasteiger partial charge in [-0.1, -0.05) is 34.6 Å². The quantitative estimate of drug-likeness (QED) is 0.481. The van der Waals surface area contributed by atoms with Crippen LogP contribution < -0.4 is 0 Å². The molecule has 0 aromatic heterocycles. The standard InChI is InChI=1S/C20H42O5Si/c1-12-15(25-26(10,11)19(6,7)8)20(9,23)16(21)14(2)13-24-17(22)18(3,4)5/h14-16,21,23H,12-13H2,1-11H3/t14-,15+,16+,20+/m0/s1. The smallest absolute Gasteiger partial charge is 0.311 e. The fourth-order valence-corrected chi connectivity index (χ4v) is 3.90. The highest BCUT2D eigenvalue weighted by atomic mass is 28.4. The van der Waals surface area contributed by atoms with E-state index in [1.807, 2.05) is 6.92 Å². The van der Waals surface area contributed by atoms with Crippen LogP contribution in [0.4, 0.5) is 0 Å². The summed E-state index contributed by atoms with van der Waals surface area (Å²) in [7, 11) is -2.10. The van der Waals surface area contributed by atoms with Crippen molar-refractivity contribution in [1.29, 1.82) is 0 Å². The van der Waals surface area contributed by atoms with Crippen LogP contribution in [0.25, 0.3) is 0 Å². The minimum absolute atomic E-state index is 0.00923. The molecule has 0 rings (SSSR count). The minimum Gasteiger partial charge on any atom is -0.465 e. The summed E-state index contributed by atoms with van der Waals surface area (Å²) in [5, 5.41) is 21.8. The Balaban J connectivity index is 5.16. The second-order valence-corrected chi connectivity index (χ2v) is 15.0. The Morgan fingerprint density at radius 2 is 1.54 bits per heavy atom. The van der Waals surface area contributed by atoms with Gasteiger partial charge < -0.3 is 19.4 Å². The largest absolute Gasteiger partial charge is 0.465 e. The van der Waals surface area contributed by atoms with E-state index in [9.17, 15) is 15.0 Å². The first-order valence-electron chi connectivity index (χ1n) is 9.63. The van der Waals surface area contributed by atoms with Gasteiger partial charge in [0, 0.05) is 5.92 Å². The third-order valence-corrected chi connectivity index (χ3v) is 9.98. The highest BCUT2D eigenvalue weighted by Gasteiger charge is 2.47. The Morgan fingerprint density at radius 1 is 1.08 bits per heavy atom. The van der Waals surface area contributed by atoms with Gasteiger partial charge in [-0.05, 0) is 52.2 Å². The maximum absolute atomic E-state index is 11.9. The zero-order chi connectivity index (χ0) is 21.1. The van der Waals surface area contributed by atoms with E-state index in [-0.39, 0.29) is 17.6 Å². The molecule has 0 aromatic rings. The lowest BCUT2D eigenvalue weighted by Crippen LogP contribution is -2.58. The number of esters is 1. The molecule has 0 radical (unpaired) electrons. The summed E-state index contributed by atoms with van der Waals surface area (Å²) in [6.45, 7) is 21.4. The van der Waals surface area contributed by atoms with Crippen LogP contribution in [0, 0.1) is 11.3 Å². The Morgan fingerprint density at radius 3 is 1.88 bits per heavy atom. The fourth-order valence-electron chi connectivity index (χ4n) is 2.43. The van der Waals surface area contributed by atoms with E-state index in [0.29, 0.717) is 6.42 Å². The van der Waals surface area contributed by atoms with Crippen molar-refractivity contribution in [3.8, 4) is 0 Å². The topological polar surface area (TPSA) is 76.0 Å². The first-order valence-corrected chi connectivity index (χ1v) is 12.5. The molecule has 0 aliphatic heterocycles. The lowest BCUT2D eigenvalue weighted by molar-refractivity contribution is -0.167. The molecular weight excluding hydrogens is 348 g/mol. The average Bonchev–Trinajstić information content (AvgIpc) is 2.46. The Labute approximate surface area is 161 Å². The van der Waals surface area contributed by atoms with E-state index >= 15 is 0 Å². The molecule has 0 aliphatic carbocycles. The molecule has 0 aromatic carbocycles. The lowest BCUT2D eigenvalue weighted by Gasteiger charge is -2.45. The van der Waals surface area contributed by atoms with Crippen molar-refractivity contribution in [2.75, 3.05) is 6.61 Å². The molecule has 6 heteroatoms. The van der Waals surface area contributed by atoms with Crippen molar-refractivity contribution < 1.29 is 24.2 Å². The van der Waals surface area contributed by atoms with Crippen LogP contribution in [0.15, 0.2) is 0 Å². The molecule has 156 valence electrons. The summed E-state index contributed by atoms with van der Waals surface area (Å²) in [6.07, 6.45) is -0.963. The molecule has 0 aliphatic rings. The van der Waals surface area contributed by atoms with Crippen LogP contribution in [0.3, 0.4) is 0 Å². The van der Waals surface area contributed by atoms with Crippen LogP contribution in [-0.4, -0.2) is 48.9 Å². The van der Waals surface area contributed by atoms with Crippen LogP contribution in [0.5, 0.6) is 0 Å². The van der Waals surface area contributed by atoms with Crippen LogP contribution in [-0.2, 0) is 14.0 Å². The summed E-state index contributed by atoms with van der Waals surface area (Å²) < 4.78 is 11.7. The molecule has 5 nitrogen and oxygen atoms in total. The van der Waals surface area contributed by atoms with Crippen LogP contribution in [0.1, 0.15) is 68.7 Å². The van der Waals surface area contributed by atoms with Gasteiger partial charge in [-0.3, -0.25) is 4.79 Å². The number of aliphatic hydroxyl groups is 2. The van der Waals surface area contributed by atoms with E-state index in [1.54, 1.807) is 34.6 Å². The Hall–Kier alpha value is -0.433. The molecule has 0 saturated heterocycles. The van der Waals surface area contributed by atoms with Crippen molar-refractivity contribution in [3.05, 3.63) is 0 Å². The summed E-state index contributed by atoms with van der Waals surface area (Å²) in [5.74, 6) is -0.728. The van der Waals surface area contributed by atoms with Gasteiger partial charge in [0.25, 0.3) is 0 Å². The van der Waals surface area contributed by atoms with E-state index in [2.05, 4.69) is 33.9 Å². The normalized spacial score (nSPS) is 19.4. The number of ether oxygens (including phenoxy) is 1. The fraction of sp³-hybridized carbons (Fsp3) is 0.950.